The van der Waals surface area contributed by atoms with Crippen molar-refractivity contribution < 1.29 is 4.79 Å². The molecule has 4 heterocycles. The van der Waals surface area contributed by atoms with Gasteiger partial charge in [0.25, 0.3) is 5.91 Å². The van der Waals surface area contributed by atoms with Gasteiger partial charge in [0, 0.05) is 37.6 Å². The molecule has 0 spiro atoms. The molecule has 0 N–H and O–H groups in total. The number of pyridine rings is 2. The molecule has 6 heteroatoms. The number of rotatable bonds is 2. The third kappa shape index (κ3) is 2.13. The molecule has 0 aliphatic carbocycles. The summed E-state index contributed by atoms with van der Waals surface area (Å²) in [5.74, 6) is 1.16. The van der Waals surface area contributed by atoms with Crippen LogP contribution in [0, 0.1) is 6.92 Å². The van der Waals surface area contributed by atoms with Gasteiger partial charge < -0.3 is 4.90 Å². The second-order valence-electron chi connectivity index (χ2n) is 5.57. The van der Waals surface area contributed by atoms with Crippen molar-refractivity contribution in [2.24, 2.45) is 0 Å². The van der Waals surface area contributed by atoms with Gasteiger partial charge in [0.1, 0.15) is 5.82 Å². The van der Waals surface area contributed by atoms with Crippen LogP contribution in [-0.2, 0) is 0 Å². The lowest BCUT2D eigenvalue weighted by molar-refractivity contribution is 0.0601. The first-order valence-corrected chi connectivity index (χ1v) is 7.23. The summed E-state index contributed by atoms with van der Waals surface area (Å²) < 4.78 is 1.80. The van der Waals surface area contributed by atoms with E-state index in [9.17, 15) is 4.79 Å². The smallest absolute Gasteiger partial charge is 0.255 e. The Morgan fingerprint density at radius 2 is 2.14 bits per heavy atom. The predicted molar refractivity (Wildman–Crippen MR) is 80.6 cm³/mol. The number of likely N-dealkylation sites (tertiary alicyclic amines) is 1. The summed E-state index contributed by atoms with van der Waals surface area (Å²) in [6.45, 7) is 3.34. The van der Waals surface area contributed by atoms with Crippen LogP contribution in [0.2, 0.25) is 0 Å². The van der Waals surface area contributed by atoms with E-state index in [0.717, 1.165) is 24.6 Å². The molecule has 110 valence electrons. The van der Waals surface area contributed by atoms with Crippen molar-refractivity contribution in [1.82, 2.24) is 24.5 Å². The summed E-state index contributed by atoms with van der Waals surface area (Å²) in [4.78, 5) is 22.4. The maximum Gasteiger partial charge on any atom is 0.255 e. The second-order valence-corrected chi connectivity index (χ2v) is 5.57. The van der Waals surface area contributed by atoms with Gasteiger partial charge in [-0.1, -0.05) is 6.07 Å². The number of carbonyl (C=O) groups excluding carboxylic acids is 1. The number of aryl methyl sites for hydroxylation is 1. The van der Waals surface area contributed by atoms with Crippen LogP contribution in [-0.4, -0.2) is 43.5 Å². The van der Waals surface area contributed by atoms with Gasteiger partial charge in [-0.15, -0.1) is 0 Å². The monoisotopic (exact) mass is 293 g/mol. The largest absolute Gasteiger partial charge is 0.337 e. The topological polar surface area (TPSA) is 63.4 Å². The van der Waals surface area contributed by atoms with Crippen molar-refractivity contribution in [2.75, 3.05) is 13.1 Å². The number of nitrogens with zero attached hydrogens (tertiary/aromatic N) is 5. The number of hydrogen-bond donors (Lipinski definition) is 0. The van der Waals surface area contributed by atoms with Crippen molar-refractivity contribution >= 4 is 11.6 Å². The SMILES string of the molecule is Cc1nc2ccc(C3CN(C(=O)c4cccnc4)C3)cn2n1. The van der Waals surface area contributed by atoms with E-state index < -0.39 is 0 Å². The summed E-state index contributed by atoms with van der Waals surface area (Å²) in [6, 6.07) is 7.62. The normalized spacial score (nSPS) is 15.0. The van der Waals surface area contributed by atoms with Crippen molar-refractivity contribution in [3.05, 3.63) is 59.8 Å². The summed E-state index contributed by atoms with van der Waals surface area (Å²) >= 11 is 0. The van der Waals surface area contributed by atoms with E-state index in [1.807, 2.05) is 24.1 Å². The third-order valence-electron chi connectivity index (χ3n) is 4.01. The second kappa shape index (κ2) is 4.91. The fourth-order valence-corrected chi connectivity index (χ4v) is 2.78. The van der Waals surface area contributed by atoms with E-state index >= 15 is 0 Å². The van der Waals surface area contributed by atoms with Gasteiger partial charge in [0.2, 0.25) is 0 Å². The van der Waals surface area contributed by atoms with Gasteiger partial charge in [0.05, 0.1) is 5.56 Å². The maximum atomic E-state index is 12.3. The van der Waals surface area contributed by atoms with Crippen molar-refractivity contribution in [1.29, 1.82) is 0 Å². The standard InChI is InChI=1S/C16H15N5O/c1-11-18-15-5-4-13(10-21(15)19-11)14-8-20(9-14)16(22)12-3-2-6-17-7-12/h2-7,10,14H,8-9H2,1H3. The molecule has 22 heavy (non-hydrogen) atoms. The Kier molecular flexibility index (Phi) is 2.89. The lowest BCUT2D eigenvalue weighted by atomic mass is 9.92. The van der Waals surface area contributed by atoms with E-state index in [1.54, 1.807) is 29.0 Å². The fraction of sp³-hybridized carbons (Fsp3) is 0.250. The van der Waals surface area contributed by atoms with E-state index in [4.69, 9.17) is 0 Å². The van der Waals surface area contributed by atoms with Crippen molar-refractivity contribution in [3.8, 4) is 0 Å². The summed E-state index contributed by atoms with van der Waals surface area (Å²) in [5, 5.41) is 4.33. The highest BCUT2D eigenvalue weighted by atomic mass is 16.2. The molecule has 1 fully saturated rings. The molecule has 0 aromatic carbocycles. The molecule has 1 aliphatic heterocycles. The number of carbonyl (C=O) groups is 1. The minimum Gasteiger partial charge on any atom is -0.337 e. The summed E-state index contributed by atoms with van der Waals surface area (Å²) in [5.41, 5.74) is 2.68. The molecule has 0 saturated carbocycles. The Morgan fingerprint density at radius 3 is 2.91 bits per heavy atom. The first kappa shape index (κ1) is 12.9. The molecule has 0 radical (unpaired) electrons. The number of amides is 1. The highest BCUT2D eigenvalue weighted by Crippen LogP contribution is 2.28. The molecule has 6 nitrogen and oxygen atoms in total. The Morgan fingerprint density at radius 1 is 1.27 bits per heavy atom. The Bertz CT molecular complexity index is 836. The fourth-order valence-electron chi connectivity index (χ4n) is 2.78. The number of hydrogen-bond acceptors (Lipinski definition) is 4. The first-order chi connectivity index (χ1) is 10.7. The molecule has 4 rings (SSSR count). The van der Waals surface area contributed by atoms with Crippen LogP contribution in [0.25, 0.3) is 5.65 Å². The first-order valence-electron chi connectivity index (χ1n) is 7.23. The number of fused-ring (bicyclic) bond motifs is 1. The molecule has 1 aliphatic rings. The number of aromatic nitrogens is 4. The molecule has 0 unspecified atom stereocenters. The van der Waals surface area contributed by atoms with Gasteiger partial charge in [-0.3, -0.25) is 9.78 Å². The van der Waals surface area contributed by atoms with Crippen LogP contribution in [0.5, 0.6) is 0 Å². The minimum atomic E-state index is 0.0435. The van der Waals surface area contributed by atoms with Crippen LogP contribution in [0.3, 0.4) is 0 Å². The third-order valence-corrected chi connectivity index (χ3v) is 4.01. The minimum absolute atomic E-state index is 0.0435. The molecule has 1 amide bonds. The van der Waals surface area contributed by atoms with Crippen LogP contribution in [0.4, 0.5) is 0 Å². The zero-order valence-electron chi connectivity index (χ0n) is 12.2. The van der Waals surface area contributed by atoms with Gasteiger partial charge in [-0.05, 0) is 30.7 Å². The Balaban J connectivity index is 1.49. The van der Waals surface area contributed by atoms with Gasteiger partial charge in [-0.2, -0.15) is 5.10 Å². The van der Waals surface area contributed by atoms with E-state index in [2.05, 4.69) is 21.1 Å². The van der Waals surface area contributed by atoms with Gasteiger partial charge >= 0.3 is 0 Å². The zero-order valence-corrected chi connectivity index (χ0v) is 12.2. The van der Waals surface area contributed by atoms with E-state index in [0.29, 0.717) is 11.5 Å². The molecule has 1 saturated heterocycles. The Hall–Kier alpha value is -2.76. The molecule has 0 bridgehead atoms. The molecule has 0 atom stereocenters. The van der Waals surface area contributed by atoms with Crippen LogP contribution < -0.4 is 0 Å². The van der Waals surface area contributed by atoms with Crippen molar-refractivity contribution in [2.45, 2.75) is 12.8 Å². The molecule has 3 aromatic heterocycles. The summed E-state index contributed by atoms with van der Waals surface area (Å²) in [7, 11) is 0. The lowest BCUT2D eigenvalue weighted by Crippen LogP contribution is -2.48. The molecular weight excluding hydrogens is 278 g/mol. The highest BCUT2D eigenvalue weighted by Gasteiger charge is 2.32. The van der Waals surface area contributed by atoms with Crippen LogP contribution in [0.1, 0.15) is 27.7 Å². The molecule has 3 aromatic rings. The maximum absolute atomic E-state index is 12.3. The quantitative estimate of drug-likeness (QED) is 0.721. The van der Waals surface area contributed by atoms with Crippen LogP contribution in [0.15, 0.2) is 42.9 Å². The van der Waals surface area contributed by atoms with E-state index in [1.165, 1.54) is 5.56 Å². The molecular formula is C16H15N5O. The van der Waals surface area contributed by atoms with Crippen LogP contribution >= 0.6 is 0 Å². The van der Waals surface area contributed by atoms with Gasteiger partial charge in [-0.25, -0.2) is 9.50 Å². The average Bonchev–Trinajstić information content (AvgIpc) is 2.86. The average molecular weight is 293 g/mol. The zero-order chi connectivity index (χ0) is 15.1. The lowest BCUT2D eigenvalue weighted by Gasteiger charge is -2.39. The predicted octanol–water partition coefficient (Wildman–Crippen LogP) is 1.67. The van der Waals surface area contributed by atoms with Crippen molar-refractivity contribution in [3.63, 3.8) is 0 Å². The highest BCUT2D eigenvalue weighted by molar-refractivity contribution is 5.94. The van der Waals surface area contributed by atoms with E-state index in [-0.39, 0.29) is 5.91 Å². The Labute approximate surface area is 127 Å². The van der Waals surface area contributed by atoms with Gasteiger partial charge in [0.15, 0.2) is 5.65 Å². The summed E-state index contributed by atoms with van der Waals surface area (Å²) in [6.07, 6.45) is 5.29.